The van der Waals surface area contributed by atoms with Gasteiger partial charge in [-0.2, -0.15) is 0 Å². The quantitative estimate of drug-likeness (QED) is 0.258. The molecule has 0 unspecified atom stereocenters. The van der Waals surface area contributed by atoms with Gasteiger partial charge in [-0.15, -0.1) is 0 Å². The van der Waals surface area contributed by atoms with E-state index in [4.69, 9.17) is 0 Å². The molecule has 22 heavy (non-hydrogen) atoms. The maximum atomic E-state index is 9.96. The van der Waals surface area contributed by atoms with Crippen molar-refractivity contribution in [2.24, 2.45) is 0 Å². The molecule has 3 heteroatoms. The Morgan fingerprint density at radius 1 is 0.682 bits per heavy atom. The van der Waals surface area contributed by atoms with Gasteiger partial charge in [0.15, 0.2) is 0 Å². The fraction of sp³-hybridized carbons (Fsp3) is 0.947. The number of carbonyl (C=O) groups is 1. The van der Waals surface area contributed by atoms with Crippen molar-refractivity contribution in [1.29, 1.82) is 0 Å². The van der Waals surface area contributed by atoms with Gasteiger partial charge in [0.2, 0.25) is 0 Å². The van der Waals surface area contributed by atoms with Crippen LogP contribution >= 0.6 is 0 Å². The molecule has 0 saturated carbocycles. The number of hydrogen-bond acceptors (Lipinski definition) is 3. The molecule has 132 valence electrons. The van der Waals surface area contributed by atoms with Crippen LogP contribution in [0.25, 0.3) is 0 Å². The van der Waals surface area contributed by atoms with Crippen LogP contribution in [0.2, 0.25) is 0 Å². The first-order valence-electron chi connectivity index (χ1n) is 9.62. The van der Waals surface area contributed by atoms with E-state index in [0.29, 0.717) is 13.1 Å². The van der Waals surface area contributed by atoms with E-state index >= 15 is 0 Å². The SMILES string of the molecule is CCN(CC)CCCCCCCCCCCCCCOC=O. The van der Waals surface area contributed by atoms with Crippen LogP contribution < -0.4 is 0 Å². The second-order valence-electron chi connectivity index (χ2n) is 6.24. The standard InChI is InChI=1S/C19H39NO2/c1-3-20(4-2)17-15-13-11-9-7-5-6-8-10-12-14-16-18-22-19-21/h19H,3-18H2,1-2H3. The Morgan fingerprint density at radius 2 is 1.09 bits per heavy atom. The van der Waals surface area contributed by atoms with Crippen molar-refractivity contribution in [1.82, 2.24) is 4.90 Å². The van der Waals surface area contributed by atoms with Crippen LogP contribution in [0.5, 0.6) is 0 Å². The maximum absolute atomic E-state index is 9.96. The van der Waals surface area contributed by atoms with E-state index in [1.807, 2.05) is 0 Å². The Bertz CT molecular complexity index is 217. The number of hydrogen-bond donors (Lipinski definition) is 0. The predicted octanol–water partition coefficient (Wildman–Crippen LogP) is 5.18. The molecule has 0 atom stereocenters. The predicted molar refractivity (Wildman–Crippen MR) is 95.2 cm³/mol. The fourth-order valence-corrected chi connectivity index (χ4v) is 2.88. The van der Waals surface area contributed by atoms with Gasteiger partial charge in [-0.05, 0) is 32.5 Å². The molecule has 0 aromatic carbocycles. The number of rotatable bonds is 18. The van der Waals surface area contributed by atoms with Gasteiger partial charge in [-0.1, -0.05) is 78.1 Å². The number of carbonyl (C=O) groups excluding carboxylic acids is 1. The first-order chi connectivity index (χ1) is 10.8. The van der Waals surface area contributed by atoms with E-state index in [0.717, 1.165) is 6.42 Å². The van der Waals surface area contributed by atoms with Gasteiger partial charge in [-0.25, -0.2) is 0 Å². The average molecular weight is 314 g/mol. The Labute approximate surface area is 138 Å². The van der Waals surface area contributed by atoms with Gasteiger partial charge in [0, 0.05) is 0 Å². The first kappa shape index (κ1) is 21.4. The topological polar surface area (TPSA) is 29.5 Å². The summed E-state index contributed by atoms with van der Waals surface area (Å²) in [5.74, 6) is 0. The zero-order valence-corrected chi connectivity index (χ0v) is 15.2. The number of nitrogens with zero attached hydrogens (tertiary/aromatic N) is 1. The van der Waals surface area contributed by atoms with Gasteiger partial charge < -0.3 is 9.64 Å². The second kappa shape index (κ2) is 18.5. The molecule has 0 saturated heterocycles. The monoisotopic (exact) mass is 313 g/mol. The molecule has 0 aromatic rings. The summed E-state index contributed by atoms with van der Waals surface area (Å²) in [6.07, 6.45) is 16.0. The summed E-state index contributed by atoms with van der Waals surface area (Å²) in [5, 5.41) is 0. The zero-order chi connectivity index (χ0) is 16.3. The molecule has 0 heterocycles. The Hall–Kier alpha value is -0.570. The molecule has 0 radical (unpaired) electrons. The van der Waals surface area contributed by atoms with Crippen molar-refractivity contribution in [2.45, 2.75) is 90.9 Å². The molecule has 0 aliphatic carbocycles. The number of ether oxygens (including phenoxy) is 1. The van der Waals surface area contributed by atoms with E-state index in [-0.39, 0.29) is 0 Å². The summed E-state index contributed by atoms with van der Waals surface area (Å²) in [6.45, 7) is 9.32. The van der Waals surface area contributed by atoms with Crippen molar-refractivity contribution < 1.29 is 9.53 Å². The van der Waals surface area contributed by atoms with Crippen LogP contribution in [-0.2, 0) is 9.53 Å². The third-order valence-corrected chi connectivity index (χ3v) is 4.45. The minimum atomic E-state index is 0.545. The summed E-state index contributed by atoms with van der Waals surface area (Å²) in [5.41, 5.74) is 0. The van der Waals surface area contributed by atoms with Crippen LogP contribution in [0.15, 0.2) is 0 Å². The summed E-state index contributed by atoms with van der Waals surface area (Å²) < 4.78 is 4.68. The highest BCUT2D eigenvalue weighted by molar-refractivity contribution is 5.36. The molecule has 0 spiro atoms. The second-order valence-corrected chi connectivity index (χ2v) is 6.24. The highest BCUT2D eigenvalue weighted by Crippen LogP contribution is 2.12. The minimum Gasteiger partial charge on any atom is -0.468 e. The van der Waals surface area contributed by atoms with Gasteiger partial charge in [-0.3, -0.25) is 4.79 Å². The van der Waals surface area contributed by atoms with Gasteiger partial charge in [0.05, 0.1) is 6.61 Å². The van der Waals surface area contributed by atoms with E-state index < -0.39 is 0 Å². The summed E-state index contributed by atoms with van der Waals surface area (Å²) >= 11 is 0. The van der Waals surface area contributed by atoms with Crippen LogP contribution in [0.4, 0.5) is 0 Å². The highest BCUT2D eigenvalue weighted by Gasteiger charge is 1.98. The summed E-state index contributed by atoms with van der Waals surface area (Å²) in [7, 11) is 0. The Morgan fingerprint density at radius 3 is 1.50 bits per heavy atom. The molecule has 0 amide bonds. The summed E-state index contributed by atoms with van der Waals surface area (Å²) in [6, 6.07) is 0. The van der Waals surface area contributed by atoms with Crippen LogP contribution in [0.1, 0.15) is 90.9 Å². The maximum Gasteiger partial charge on any atom is 0.293 e. The summed E-state index contributed by atoms with van der Waals surface area (Å²) in [4.78, 5) is 12.5. The van der Waals surface area contributed by atoms with Gasteiger partial charge >= 0.3 is 0 Å². The molecule has 0 aliphatic heterocycles. The average Bonchev–Trinajstić information content (AvgIpc) is 2.55. The molecule has 3 nitrogen and oxygen atoms in total. The third kappa shape index (κ3) is 15.8. The third-order valence-electron chi connectivity index (χ3n) is 4.45. The Balaban J connectivity index is 3.04. The van der Waals surface area contributed by atoms with Crippen molar-refractivity contribution in [2.75, 3.05) is 26.2 Å². The first-order valence-corrected chi connectivity index (χ1v) is 9.62. The van der Waals surface area contributed by atoms with Crippen molar-refractivity contribution >= 4 is 6.47 Å². The fourth-order valence-electron chi connectivity index (χ4n) is 2.88. The molecular formula is C19H39NO2. The molecule has 0 rings (SSSR count). The molecule has 0 fully saturated rings. The molecular weight excluding hydrogens is 274 g/mol. The van der Waals surface area contributed by atoms with E-state index in [2.05, 4.69) is 23.5 Å². The van der Waals surface area contributed by atoms with Crippen molar-refractivity contribution in [3.05, 3.63) is 0 Å². The lowest BCUT2D eigenvalue weighted by Crippen LogP contribution is -2.23. The lowest BCUT2D eigenvalue weighted by atomic mass is 10.1. The van der Waals surface area contributed by atoms with Crippen molar-refractivity contribution in [3.8, 4) is 0 Å². The van der Waals surface area contributed by atoms with E-state index in [9.17, 15) is 4.79 Å². The van der Waals surface area contributed by atoms with Crippen molar-refractivity contribution in [3.63, 3.8) is 0 Å². The Kier molecular flexibility index (Phi) is 18.0. The zero-order valence-electron chi connectivity index (χ0n) is 15.2. The minimum absolute atomic E-state index is 0.545. The molecule has 0 aromatic heterocycles. The van der Waals surface area contributed by atoms with Crippen LogP contribution in [0, 0.1) is 0 Å². The van der Waals surface area contributed by atoms with E-state index in [1.54, 1.807) is 0 Å². The lowest BCUT2D eigenvalue weighted by molar-refractivity contribution is -0.128. The number of unbranched alkanes of at least 4 members (excludes halogenated alkanes) is 11. The van der Waals surface area contributed by atoms with Crippen LogP contribution in [-0.4, -0.2) is 37.6 Å². The van der Waals surface area contributed by atoms with E-state index in [1.165, 1.54) is 90.3 Å². The van der Waals surface area contributed by atoms with Gasteiger partial charge in [0.1, 0.15) is 0 Å². The smallest absolute Gasteiger partial charge is 0.293 e. The normalized spacial score (nSPS) is 11.0. The molecule has 0 aliphatic rings. The largest absolute Gasteiger partial charge is 0.468 e. The van der Waals surface area contributed by atoms with Gasteiger partial charge in [0.25, 0.3) is 6.47 Å². The molecule has 0 N–H and O–H groups in total. The van der Waals surface area contributed by atoms with Crippen LogP contribution in [0.3, 0.4) is 0 Å². The highest BCUT2D eigenvalue weighted by atomic mass is 16.5. The lowest BCUT2D eigenvalue weighted by Gasteiger charge is -2.17. The molecule has 0 bridgehead atoms.